The van der Waals surface area contributed by atoms with Gasteiger partial charge in [-0.25, -0.2) is 18.4 Å². The topological polar surface area (TPSA) is 86.5 Å². The predicted octanol–water partition coefficient (Wildman–Crippen LogP) is 1.08. The van der Waals surface area contributed by atoms with E-state index >= 15 is 0 Å². The highest BCUT2D eigenvalue weighted by Crippen LogP contribution is 2.26. The van der Waals surface area contributed by atoms with Crippen molar-refractivity contribution >= 4 is 27.6 Å². The van der Waals surface area contributed by atoms with Crippen LogP contribution in [0.3, 0.4) is 0 Å². The van der Waals surface area contributed by atoms with Gasteiger partial charge in [0.05, 0.1) is 17.7 Å². The van der Waals surface area contributed by atoms with Crippen molar-refractivity contribution in [2.45, 2.75) is 11.8 Å². The van der Waals surface area contributed by atoms with E-state index in [0.29, 0.717) is 5.56 Å². The van der Waals surface area contributed by atoms with Gasteiger partial charge in [0.2, 0.25) is 10.0 Å². The van der Waals surface area contributed by atoms with Crippen LogP contribution in [0.4, 0.5) is 0 Å². The van der Waals surface area contributed by atoms with Crippen molar-refractivity contribution in [2.75, 3.05) is 7.11 Å². The molecule has 0 heterocycles. The Morgan fingerprint density at radius 2 is 2.00 bits per heavy atom. The number of hydrogen-bond donors (Lipinski definition) is 1. The van der Waals surface area contributed by atoms with Gasteiger partial charge in [-0.15, -0.1) is 0 Å². The van der Waals surface area contributed by atoms with Crippen LogP contribution < -0.4 is 5.14 Å². The van der Waals surface area contributed by atoms with E-state index in [1.165, 1.54) is 13.2 Å². The molecule has 0 aliphatic carbocycles. The van der Waals surface area contributed by atoms with Crippen LogP contribution in [0.1, 0.15) is 15.9 Å². The first-order valence-corrected chi connectivity index (χ1v) is 6.11. The molecule has 0 atom stereocenters. The van der Waals surface area contributed by atoms with Crippen LogP contribution >= 0.6 is 11.6 Å². The molecule has 7 heteroatoms. The van der Waals surface area contributed by atoms with Crippen molar-refractivity contribution in [3.63, 3.8) is 0 Å². The van der Waals surface area contributed by atoms with Crippen molar-refractivity contribution in [3.8, 4) is 0 Å². The fourth-order valence-electron chi connectivity index (χ4n) is 1.18. The maximum atomic E-state index is 11.3. The quantitative estimate of drug-likeness (QED) is 0.809. The van der Waals surface area contributed by atoms with E-state index in [-0.39, 0.29) is 15.5 Å². The lowest BCUT2D eigenvalue weighted by molar-refractivity contribution is 0.0600. The molecule has 1 aromatic carbocycles. The molecule has 2 N–H and O–H groups in total. The largest absolute Gasteiger partial charge is 0.465 e. The third-order valence-electron chi connectivity index (χ3n) is 1.95. The maximum absolute atomic E-state index is 11.3. The minimum absolute atomic E-state index is 0.00940. The predicted molar refractivity (Wildman–Crippen MR) is 58.9 cm³/mol. The Labute approximate surface area is 98.2 Å². The molecular weight excluding hydrogens is 254 g/mol. The highest BCUT2D eigenvalue weighted by molar-refractivity contribution is 7.89. The van der Waals surface area contributed by atoms with Gasteiger partial charge in [-0.05, 0) is 24.6 Å². The summed E-state index contributed by atoms with van der Waals surface area (Å²) in [7, 11) is -2.76. The van der Waals surface area contributed by atoms with Crippen LogP contribution in [-0.2, 0) is 14.8 Å². The number of nitrogens with two attached hydrogens (primary N) is 1. The van der Waals surface area contributed by atoms with E-state index in [2.05, 4.69) is 4.74 Å². The number of carbonyl (C=O) groups excluding carboxylic acids is 1. The van der Waals surface area contributed by atoms with Gasteiger partial charge in [-0.3, -0.25) is 0 Å². The van der Waals surface area contributed by atoms with E-state index in [1.807, 2.05) is 0 Å². The van der Waals surface area contributed by atoms with Gasteiger partial charge in [0.1, 0.15) is 4.90 Å². The van der Waals surface area contributed by atoms with Crippen molar-refractivity contribution in [1.82, 2.24) is 0 Å². The molecule has 0 aliphatic rings. The fraction of sp³-hybridized carbons (Fsp3) is 0.222. The SMILES string of the molecule is COC(=O)c1cc(C)c(Cl)c(S(N)(=O)=O)c1. The normalized spacial score (nSPS) is 11.2. The van der Waals surface area contributed by atoms with Crippen LogP contribution in [0, 0.1) is 6.92 Å². The lowest BCUT2D eigenvalue weighted by Crippen LogP contribution is -2.14. The molecule has 16 heavy (non-hydrogen) atoms. The molecule has 0 bridgehead atoms. The zero-order valence-electron chi connectivity index (χ0n) is 8.65. The number of ether oxygens (including phenoxy) is 1. The lowest BCUT2D eigenvalue weighted by Gasteiger charge is -2.07. The number of carbonyl (C=O) groups is 1. The molecule has 0 radical (unpaired) electrons. The van der Waals surface area contributed by atoms with Gasteiger partial charge >= 0.3 is 5.97 Å². The van der Waals surface area contributed by atoms with E-state index in [1.54, 1.807) is 6.92 Å². The van der Waals surface area contributed by atoms with Gasteiger partial charge in [0.25, 0.3) is 0 Å². The van der Waals surface area contributed by atoms with Gasteiger partial charge in [0, 0.05) is 0 Å². The molecule has 0 saturated carbocycles. The zero-order chi connectivity index (χ0) is 12.5. The minimum Gasteiger partial charge on any atom is -0.465 e. The molecule has 88 valence electrons. The molecule has 1 rings (SSSR count). The Hall–Kier alpha value is -1.11. The molecule has 0 aromatic heterocycles. The second kappa shape index (κ2) is 4.40. The Kier molecular flexibility index (Phi) is 3.57. The van der Waals surface area contributed by atoms with Crippen LogP contribution in [0.15, 0.2) is 17.0 Å². The molecule has 0 spiro atoms. The van der Waals surface area contributed by atoms with Crippen LogP contribution in [0.5, 0.6) is 0 Å². The molecule has 0 saturated heterocycles. The van der Waals surface area contributed by atoms with E-state index < -0.39 is 16.0 Å². The number of halogens is 1. The Morgan fingerprint density at radius 1 is 1.44 bits per heavy atom. The number of sulfonamides is 1. The summed E-state index contributed by atoms with van der Waals surface area (Å²) in [6, 6.07) is 2.53. The summed E-state index contributed by atoms with van der Waals surface area (Å²) in [6.07, 6.45) is 0. The summed E-state index contributed by atoms with van der Waals surface area (Å²) in [4.78, 5) is 11.0. The maximum Gasteiger partial charge on any atom is 0.337 e. The second-order valence-corrected chi connectivity index (χ2v) is 5.05. The minimum atomic E-state index is -3.96. The third kappa shape index (κ3) is 2.52. The average Bonchev–Trinajstić information content (AvgIpc) is 2.18. The van der Waals surface area contributed by atoms with Gasteiger partial charge in [0.15, 0.2) is 0 Å². The number of esters is 1. The first kappa shape index (κ1) is 13.0. The van der Waals surface area contributed by atoms with Crippen molar-refractivity contribution in [1.29, 1.82) is 0 Å². The molecular formula is C9H10ClNO4S. The Morgan fingerprint density at radius 3 is 2.44 bits per heavy atom. The Balaban J connectivity index is 3.52. The summed E-state index contributed by atoms with van der Waals surface area (Å²) in [6.45, 7) is 1.57. The lowest BCUT2D eigenvalue weighted by atomic mass is 10.1. The molecule has 0 amide bonds. The zero-order valence-corrected chi connectivity index (χ0v) is 10.2. The van der Waals surface area contributed by atoms with E-state index in [4.69, 9.17) is 16.7 Å². The summed E-state index contributed by atoms with van der Waals surface area (Å²) in [5, 5.41) is 4.98. The number of methoxy groups -OCH3 is 1. The first-order valence-electron chi connectivity index (χ1n) is 4.18. The highest BCUT2D eigenvalue weighted by Gasteiger charge is 2.18. The standard InChI is InChI=1S/C9H10ClNO4S/c1-5-3-6(9(12)15-2)4-7(8(5)10)16(11,13)14/h3-4H,1-2H3,(H2,11,13,14). The summed E-state index contributed by atoms with van der Waals surface area (Å²) < 4.78 is 26.9. The number of rotatable bonds is 2. The summed E-state index contributed by atoms with van der Waals surface area (Å²) in [5.74, 6) is -0.648. The number of aryl methyl sites for hydroxylation is 1. The van der Waals surface area contributed by atoms with Gasteiger partial charge in [-0.2, -0.15) is 0 Å². The monoisotopic (exact) mass is 263 g/mol. The average molecular weight is 264 g/mol. The van der Waals surface area contributed by atoms with Gasteiger partial charge < -0.3 is 4.74 Å². The molecule has 0 unspecified atom stereocenters. The Bertz CT molecular complexity index is 539. The smallest absolute Gasteiger partial charge is 0.337 e. The molecule has 0 aliphatic heterocycles. The van der Waals surface area contributed by atoms with E-state index in [9.17, 15) is 13.2 Å². The fourth-order valence-corrected chi connectivity index (χ4v) is 2.31. The first-order chi connectivity index (χ1) is 7.27. The number of hydrogen-bond acceptors (Lipinski definition) is 4. The summed E-state index contributed by atoms with van der Waals surface area (Å²) in [5.41, 5.74) is 0.530. The van der Waals surface area contributed by atoms with Crippen LogP contribution in [0.2, 0.25) is 5.02 Å². The van der Waals surface area contributed by atoms with Gasteiger partial charge in [-0.1, -0.05) is 11.6 Å². The van der Waals surface area contributed by atoms with Crippen LogP contribution in [-0.4, -0.2) is 21.5 Å². The second-order valence-electron chi connectivity index (χ2n) is 3.14. The van der Waals surface area contributed by atoms with Crippen LogP contribution in [0.25, 0.3) is 0 Å². The number of benzene rings is 1. The van der Waals surface area contributed by atoms with Crippen molar-refractivity contribution in [2.24, 2.45) is 5.14 Å². The highest BCUT2D eigenvalue weighted by atomic mass is 35.5. The summed E-state index contributed by atoms with van der Waals surface area (Å²) >= 11 is 5.79. The third-order valence-corrected chi connectivity index (χ3v) is 3.50. The molecule has 1 aromatic rings. The van der Waals surface area contributed by atoms with Crippen molar-refractivity contribution < 1.29 is 17.9 Å². The number of primary sulfonamides is 1. The van der Waals surface area contributed by atoms with E-state index in [0.717, 1.165) is 6.07 Å². The molecule has 0 fully saturated rings. The molecule has 5 nitrogen and oxygen atoms in total. The van der Waals surface area contributed by atoms with Crippen molar-refractivity contribution in [3.05, 3.63) is 28.3 Å².